The van der Waals surface area contributed by atoms with Gasteiger partial charge in [-0.05, 0) is 67.2 Å². The van der Waals surface area contributed by atoms with Gasteiger partial charge in [-0.2, -0.15) is 5.10 Å². The number of hydrogen-bond donors (Lipinski definition) is 0. The van der Waals surface area contributed by atoms with E-state index in [0.717, 1.165) is 41.5 Å². The van der Waals surface area contributed by atoms with E-state index in [1.807, 2.05) is 69.9 Å². The minimum Gasteiger partial charge on any atom is -0.496 e. The predicted molar refractivity (Wildman–Crippen MR) is 132 cm³/mol. The molecule has 32 heavy (non-hydrogen) atoms. The Kier molecular flexibility index (Phi) is 6.87. The maximum atomic E-state index is 6.11. The van der Waals surface area contributed by atoms with E-state index in [1.54, 1.807) is 19.5 Å². The molecule has 2 heterocycles. The van der Waals surface area contributed by atoms with Gasteiger partial charge in [0.2, 0.25) is 4.77 Å². The molecule has 4 aromatic rings. The van der Waals surface area contributed by atoms with Crippen LogP contribution in [0, 0.1) is 4.77 Å². The monoisotopic (exact) mass is 465 g/mol. The van der Waals surface area contributed by atoms with E-state index in [4.69, 9.17) is 33.7 Å². The highest BCUT2D eigenvalue weighted by atomic mass is 35.5. The zero-order chi connectivity index (χ0) is 22.5. The van der Waals surface area contributed by atoms with Crippen LogP contribution in [0.2, 0.25) is 5.02 Å². The quantitative estimate of drug-likeness (QED) is 0.314. The Balaban J connectivity index is 1.66. The molecule has 4 rings (SSSR count). The van der Waals surface area contributed by atoms with E-state index in [0.29, 0.717) is 16.3 Å². The highest BCUT2D eigenvalue weighted by Crippen LogP contribution is 2.31. The van der Waals surface area contributed by atoms with Crippen LogP contribution in [0.4, 0.5) is 5.69 Å². The minimum absolute atomic E-state index is 0.625. The molecule has 164 valence electrons. The van der Waals surface area contributed by atoms with Gasteiger partial charge in [-0.25, -0.2) is 4.68 Å². The van der Waals surface area contributed by atoms with Gasteiger partial charge in [0.1, 0.15) is 5.75 Å². The van der Waals surface area contributed by atoms with Crippen LogP contribution in [0.15, 0.2) is 73.1 Å². The van der Waals surface area contributed by atoms with E-state index in [9.17, 15) is 0 Å². The number of aryl methyl sites for hydroxylation is 1. The lowest BCUT2D eigenvalue weighted by Crippen LogP contribution is -2.20. The molecule has 8 heteroatoms. The lowest BCUT2D eigenvalue weighted by molar-refractivity contribution is 0.416. The summed E-state index contributed by atoms with van der Waals surface area (Å²) in [5.74, 6) is 1.48. The van der Waals surface area contributed by atoms with E-state index < -0.39 is 0 Å². The Morgan fingerprint density at radius 1 is 1.03 bits per heavy atom. The smallest absolute Gasteiger partial charge is 0.202 e. The van der Waals surface area contributed by atoms with E-state index in [1.165, 1.54) is 0 Å². The molecule has 2 aromatic carbocycles. The summed E-state index contributed by atoms with van der Waals surface area (Å²) < 4.78 is 10.1. The molecule has 0 atom stereocenters. The second-order valence-corrected chi connectivity index (χ2v) is 8.12. The fourth-order valence-electron chi connectivity index (χ4n) is 3.57. The number of rotatable bonds is 8. The molecule has 0 aliphatic carbocycles. The predicted octanol–water partition coefficient (Wildman–Crippen LogP) is 5.65. The van der Waals surface area contributed by atoms with Gasteiger partial charge in [-0.1, -0.05) is 23.7 Å². The summed E-state index contributed by atoms with van der Waals surface area (Å²) in [6.07, 6.45) is 4.49. The Morgan fingerprint density at radius 2 is 1.75 bits per heavy atom. The molecule has 2 aromatic heterocycles. The summed E-state index contributed by atoms with van der Waals surface area (Å²) in [6.45, 7) is 1.56. The molecular formula is C24H24ClN5OS. The van der Waals surface area contributed by atoms with Crippen LogP contribution in [0.5, 0.6) is 5.75 Å². The SMILES string of the molecule is COc1ccccc1-c1nn(CCCN(C)c2ccncc2)c(=S)n1-c1ccc(Cl)cc1. The topological polar surface area (TPSA) is 48.1 Å². The lowest BCUT2D eigenvalue weighted by Gasteiger charge is -2.18. The van der Waals surface area contributed by atoms with Crippen molar-refractivity contribution in [3.8, 4) is 22.8 Å². The van der Waals surface area contributed by atoms with Crippen molar-refractivity contribution in [3.63, 3.8) is 0 Å². The van der Waals surface area contributed by atoms with Crippen LogP contribution < -0.4 is 9.64 Å². The number of anilines is 1. The number of aromatic nitrogens is 4. The molecule has 0 amide bonds. The van der Waals surface area contributed by atoms with E-state index in [2.05, 4.69) is 16.9 Å². The molecular weight excluding hydrogens is 442 g/mol. The molecule has 0 aliphatic rings. The summed E-state index contributed by atoms with van der Waals surface area (Å²) in [6, 6.07) is 19.4. The average molecular weight is 466 g/mol. The number of methoxy groups -OCH3 is 1. The first-order valence-corrected chi connectivity index (χ1v) is 11.1. The van der Waals surface area contributed by atoms with Gasteiger partial charge in [-0.15, -0.1) is 0 Å². The molecule has 0 N–H and O–H groups in total. The number of nitrogens with zero attached hydrogens (tertiary/aromatic N) is 5. The van der Waals surface area contributed by atoms with Gasteiger partial charge in [0, 0.05) is 43.2 Å². The van der Waals surface area contributed by atoms with Crippen molar-refractivity contribution in [3.05, 3.63) is 82.9 Å². The van der Waals surface area contributed by atoms with Crippen molar-refractivity contribution >= 4 is 29.5 Å². The van der Waals surface area contributed by atoms with Crippen LogP contribution in [0.1, 0.15) is 6.42 Å². The molecule has 0 saturated carbocycles. The molecule has 0 aliphatic heterocycles. The molecule has 0 radical (unpaired) electrons. The number of ether oxygens (including phenoxy) is 1. The minimum atomic E-state index is 0.625. The van der Waals surface area contributed by atoms with Crippen molar-refractivity contribution in [2.75, 3.05) is 25.6 Å². The van der Waals surface area contributed by atoms with Gasteiger partial charge in [0.15, 0.2) is 5.82 Å². The van der Waals surface area contributed by atoms with Gasteiger partial charge < -0.3 is 9.64 Å². The molecule has 0 fully saturated rings. The number of para-hydroxylation sites is 1. The summed E-state index contributed by atoms with van der Waals surface area (Å²) >= 11 is 12.0. The van der Waals surface area contributed by atoms with Crippen LogP contribution in [-0.2, 0) is 6.54 Å². The van der Waals surface area contributed by atoms with Crippen molar-refractivity contribution in [2.45, 2.75) is 13.0 Å². The van der Waals surface area contributed by atoms with Gasteiger partial charge in [0.25, 0.3) is 0 Å². The van der Waals surface area contributed by atoms with Crippen molar-refractivity contribution in [1.29, 1.82) is 0 Å². The Labute approximate surface area is 197 Å². The molecule has 0 unspecified atom stereocenters. The van der Waals surface area contributed by atoms with Crippen molar-refractivity contribution in [1.82, 2.24) is 19.3 Å². The van der Waals surface area contributed by atoms with Gasteiger partial charge in [-0.3, -0.25) is 9.55 Å². The lowest BCUT2D eigenvalue weighted by atomic mass is 10.2. The standard InChI is InChI=1S/C24H24ClN5OS/c1-28(19-12-14-26-15-13-19)16-5-17-29-24(32)30(20-10-8-18(25)9-11-20)23(27-29)21-6-3-4-7-22(21)31-2/h3-4,6-15H,5,16-17H2,1-2H3. The first kappa shape index (κ1) is 22.0. The van der Waals surface area contributed by atoms with Crippen LogP contribution >= 0.6 is 23.8 Å². The second kappa shape index (κ2) is 9.97. The maximum absolute atomic E-state index is 6.11. The molecule has 0 spiro atoms. The van der Waals surface area contributed by atoms with E-state index >= 15 is 0 Å². The second-order valence-electron chi connectivity index (χ2n) is 7.32. The van der Waals surface area contributed by atoms with Gasteiger partial charge in [0.05, 0.1) is 18.4 Å². The summed E-state index contributed by atoms with van der Waals surface area (Å²) in [7, 11) is 3.73. The number of pyridine rings is 1. The summed E-state index contributed by atoms with van der Waals surface area (Å²) in [4.78, 5) is 6.28. The van der Waals surface area contributed by atoms with Gasteiger partial charge >= 0.3 is 0 Å². The first-order valence-electron chi connectivity index (χ1n) is 10.3. The zero-order valence-electron chi connectivity index (χ0n) is 18.0. The largest absolute Gasteiger partial charge is 0.496 e. The molecule has 6 nitrogen and oxygen atoms in total. The third-order valence-electron chi connectivity index (χ3n) is 5.24. The summed E-state index contributed by atoms with van der Waals surface area (Å²) in [5.41, 5.74) is 2.91. The highest BCUT2D eigenvalue weighted by molar-refractivity contribution is 7.71. The molecule has 0 bridgehead atoms. The Morgan fingerprint density at radius 3 is 2.47 bits per heavy atom. The maximum Gasteiger partial charge on any atom is 0.202 e. The third-order valence-corrected chi connectivity index (χ3v) is 5.88. The van der Waals surface area contributed by atoms with Crippen molar-refractivity contribution in [2.24, 2.45) is 0 Å². The van der Waals surface area contributed by atoms with E-state index in [-0.39, 0.29) is 0 Å². The average Bonchev–Trinajstić information content (AvgIpc) is 3.16. The Hall–Kier alpha value is -3.16. The van der Waals surface area contributed by atoms with Crippen LogP contribution in [0.25, 0.3) is 17.1 Å². The van der Waals surface area contributed by atoms with Crippen LogP contribution in [-0.4, -0.2) is 40.0 Å². The van der Waals surface area contributed by atoms with Crippen LogP contribution in [0.3, 0.4) is 0 Å². The molecule has 0 saturated heterocycles. The highest BCUT2D eigenvalue weighted by Gasteiger charge is 2.17. The third kappa shape index (κ3) is 4.69. The fourth-order valence-corrected chi connectivity index (χ4v) is 4.02. The zero-order valence-corrected chi connectivity index (χ0v) is 19.6. The first-order chi connectivity index (χ1) is 15.6. The number of benzene rings is 2. The number of hydrogen-bond acceptors (Lipinski definition) is 5. The van der Waals surface area contributed by atoms with Crippen molar-refractivity contribution < 1.29 is 4.74 Å². The normalized spacial score (nSPS) is 10.8. The summed E-state index contributed by atoms with van der Waals surface area (Å²) in [5, 5.41) is 5.56. The Bertz CT molecular complexity index is 1240. The number of halogens is 1. The fraction of sp³-hybridized carbons (Fsp3) is 0.208.